The van der Waals surface area contributed by atoms with Gasteiger partial charge in [0, 0.05) is 6.54 Å². The first-order valence-electron chi connectivity index (χ1n) is 9.29. The molecular formula is C22H28ClNO2. The van der Waals surface area contributed by atoms with E-state index in [4.69, 9.17) is 4.74 Å². The Hall–Kier alpha value is -1.84. The van der Waals surface area contributed by atoms with Crippen LogP contribution in [0.15, 0.2) is 48.5 Å². The molecule has 0 bridgehead atoms. The summed E-state index contributed by atoms with van der Waals surface area (Å²) in [6.07, 6.45) is 1.77. The van der Waals surface area contributed by atoms with Crippen molar-refractivity contribution in [2.24, 2.45) is 0 Å². The Morgan fingerprint density at radius 1 is 1.00 bits per heavy atom. The Balaban J connectivity index is 0.00000243. The number of rotatable bonds is 7. The zero-order valence-corrected chi connectivity index (χ0v) is 16.4. The number of hydrogen-bond donors (Lipinski definition) is 0. The standard InChI is InChI=1S/C22H27NO2.ClH/c1-3-23(4-2)14-9-15-25-22(24)21-19-12-7-5-10-17(19)16-18-11-6-8-13-20(18)21;/h5-8,10-13,21H,3-4,9,14-16H2,1-2H3;1H. The van der Waals surface area contributed by atoms with Crippen LogP contribution in [0.4, 0.5) is 0 Å². The zero-order chi connectivity index (χ0) is 17.6. The third kappa shape index (κ3) is 4.46. The average molecular weight is 374 g/mol. The lowest BCUT2D eigenvalue weighted by atomic mass is 9.78. The van der Waals surface area contributed by atoms with Gasteiger partial charge in [0.05, 0.1) is 6.61 Å². The highest BCUT2D eigenvalue weighted by atomic mass is 35.5. The Kier molecular flexibility index (Phi) is 7.67. The van der Waals surface area contributed by atoms with E-state index in [1.807, 2.05) is 24.3 Å². The molecule has 0 aromatic heterocycles. The van der Waals surface area contributed by atoms with Crippen molar-refractivity contribution in [1.29, 1.82) is 0 Å². The summed E-state index contributed by atoms with van der Waals surface area (Å²) in [5, 5.41) is 0. The zero-order valence-electron chi connectivity index (χ0n) is 15.6. The maximum Gasteiger partial charge on any atom is 0.317 e. The molecule has 0 atom stereocenters. The maximum absolute atomic E-state index is 12.9. The molecule has 0 N–H and O–H groups in total. The summed E-state index contributed by atoms with van der Waals surface area (Å²) < 4.78 is 5.67. The van der Waals surface area contributed by atoms with Crippen molar-refractivity contribution in [2.45, 2.75) is 32.6 Å². The highest BCUT2D eigenvalue weighted by Gasteiger charge is 2.31. The van der Waals surface area contributed by atoms with Crippen molar-refractivity contribution < 1.29 is 9.53 Å². The number of ether oxygens (including phenoxy) is 1. The monoisotopic (exact) mass is 373 g/mol. The lowest BCUT2D eigenvalue weighted by Gasteiger charge is -2.27. The van der Waals surface area contributed by atoms with E-state index < -0.39 is 0 Å². The molecule has 1 aliphatic carbocycles. The first-order valence-corrected chi connectivity index (χ1v) is 9.29. The third-order valence-electron chi connectivity index (χ3n) is 5.11. The third-order valence-corrected chi connectivity index (χ3v) is 5.11. The van der Waals surface area contributed by atoms with Crippen molar-refractivity contribution >= 4 is 18.4 Å². The number of carbonyl (C=O) groups is 1. The molecule has 0 radical (unpaired) electrons. The van der Waals surface area contributed by atoms with Crippen LogP contribution in [0.25, 0.3) is 0 Å². The van der Waals surface area contributed by atoms with Gasteiger partial charge in [-0.05, 0) is 48.2 Å². The van der Waals surface area contributed by atoms with Crippen LogP contribution in [0.3, 0.4) is 0 Å². The van der Waals surface area contributed by atoms with Gasteiger partial charge in [-0.1, -0.05) is 62.4 Å². The molecule has 2 aromatic rings. The molecule has 4 heteroatoms. The van der Waals surface area contributed by atoms with Crippen molar-refractivity contribution in [1.82, 2.24) is 4.90 Å². The minimum absolute atomic E-state index is 0. The van der Waals surface area contributed by atoms with E-state index in [0.29, 0.717) is 6.61 Å². The highest BCUT2D eigenvalue weighted by molar-refractivity contribution is 5.85. The van der Waals surface area contributed by atoms with E-state index in [1.54, 1.807) is 0 Å². The lowest BCUT2D eigenvalue weighted by Crippen LogP contribution is -2.27. The predicted molar refractivity (Wildman–Crippen MR) is 108 cm³/mol. The van der Waals surface area contributed by atoms with Crippen LogP contribution in [-0.2, 0) is 16.0 Å². The van der Waals surface area contributed by atoms with Crippen LogP contribution >= 0.6 is 12.4 Å². The van der Waals surface area contributed by atoms with Crippen LogP contribution in [-0.4, -0.2) is 37.1 Å². The molecule has 0 aliphatic heterocycles. The second-order valence-corrected chi connectivity index (χ2v) is 6.56. The quantitative estimate of drug-likeness (QED) is 0.531. The van der Waals surface area contributed by atoms with E-state index in [1.165, 1.54) is 11.1 Å². The maximum atomic E-state index is 12.9. The molecule has 140 valence electrons. The molecule has 26 heavy (non-hydrogen) atoms. The Morgan fingerprint density at radius 3 is 2.08 bits per heavy atom. The van der Waals surface area contributed by atoms with Gasteiger partial charge >= 0.3 is 5.97 Å². The average Bonchev–Trinajstić information content (AvgIpc) is 2.66. The van der Waals surface area contributed by atoms with Crippen LogP contribution in [0.5, 0.6) is 0 Å². The van der Waals surface area contributed by atoms with Gasteiger partial charge in [0.1, 0.15) is 5.92 Å². The summed E-state index contributed by atoms with van der Waals surface area (Å²) in [7, 11) is 0. The van der Waals surface area contributed by atoms with Crippen LogP contribution < -0.4 is 0 Å². The fraction of sp³-hybridized carbons (Fsp3) is 0.409. The molecule has 0 amide bonds. The first kappa shape index (κ1) is 20.5. The lowest BCUT2D eigenvalue weighted by molar-refractivity contribution is -0.144. The van der Waals surface area contributed by atoms with E-state index in [0.717, 1.165) is 43.6 Å². The Bertz CT molecular complexity index is 682. The van der Waals surface area contributed by atoms with Crippen LogP contribution in [0, 0.1) is 0 Å². The number of benzene rings is 2. The molecular weight excluding hydrogens is 346 g/mol. The van der Waals surface area contributed by atoms with E-state index in [2.05, 4.69) is 43.0 Å². The number of halogens is 1. The SMILES string of the molecule is CCN(CC)CCCOC(=O)C1c2ccccc2Cc2ccccc21.Cl. The van der Waals surface area contributed by atoms with Gasteiger partial charge in [-0.3, -0.25) is 4.79 Å². The van der Waals surface area contributed by atoms with Gasteiger partial charge in [0.15, 0.2) is 0 Å². The van der Waals surface area contributed by atoms with Gasteiger partial charge in [-0.2, -0.15) is 0 Å². The van der Waals surface area contributed by atoms with Crippen molar-refractivity contribution in [2.75, 3.05) is 26.2 Å². The van der Waals surface area contributed by atoms with Crippen LogP contribution in [0.2, 0.25) is 0 Å². The van der Waals surface area contributed by atoms with Crippen molar-refractivity contribution in [3.8, 4) is 0 Å². The van der Waals surface area contributed by atoms with Gasteiger partial charge in [0.25, 0.3) is 0 Å². The number of hydrogen-bond acceptors (Lipinski definition) is 3. The predicted octanol–water partition coefficient (Wildman–Crippen LogP) is 4.42. The Labute approximate surface area is 162 Å². The number of fused-ring (bicyclic) bond motifs is 2. The van der Waals surface area contributed by atoms with Gasteiger partial charge < -0.3 is 9.64 Å². The number of esters is 1. The molecule has 0 saturated heterocycles. The first-order chi connectivity index (χ1) is 12.2. The summed E-state index contributed by atoms with van der Waals surface area (Å²) >= 11 is 0. The van der Waals surface area contributed by atoms with E-state index in [-0.39, 0.29) is 24.3 Å². The second kappa shape index (κ2) is 9.75. The van der Waals surface area contributed by atoms with Crippen molar-refractivity contribution in [3.63, 3.8) is 0 Å². The summed E-state index contributed by atoms with van der Waals surface area (Å²) in [5.74, 6) is -0.422. The molecule has 0 unspecified atom stereocenters. The number of nitrogens with zero attached hydrogens (tertiary/aromatic N) is 1. The molecule has 0 spiro atoms. The molecule has 0 saturated carbocycles. The Morgan fingerprint density at radius 2 is 1.54 bits per heavy atom. The smallest absolute Gasteiger partial charge is 0.317 e. The van der Waals surface area contributed by atoms with Crippen molar-refractivity contribution in [3.05, 3.63) is 70.8 Å². The summed E-state index contributed by atoms with van der Waals surface area (Å²) in [4.78, 5) is 15.2. The molecule has 3 nitrogen and oxygen atoms in total. The van der Waals surface area contributed by atoms with Crippen LogP contribution in [0.1, 0.15) is 48.4 Å². The topological polar surface area (TPSA) is 29.5 Å². The molecule has 1 aliphatic rings. The summed E-state index contributed by atoms with van der Waals surface area (Å²) in [5.41, 5.74) is 4.64. The number of carbonyl (C=O) groups excluding carboxylic acids is 1. The van der Waals surface area contributed by atoms with E-state index in [9.17, 15) is 4.79 Å². The highest BCUT2D eigenvalue weighted by Crippen LogP contribution is 2.37. The molecule has 3 rings (SSSR count). The minimum atomic E-state index is -0.297. The summed E-state index contributed by atoms with van der Waals surface area (Å²) in [6, 6.07) is 16.5. The molecule has 0 fully saturated rings. The molecule has 0 heterocycles. The minimum Gasteiger partial charge on any atom is -0.465 e. The van der Waals surface area contributed by atoms with E-state index >= 15 is 0 Å². The fourth-order valence-electron chi connectivity index (χ4n) is 3.66. The van der Waals surface area contributed by atoms with Gasteiger partial charge in [-0.15, -0.1) is 12.4 Å². The van der Waals surface area contributed by atoms with Gasteiger partial charge in [-0.25, -0.2) is 0 Å². The largest absolute Gasteiger partial charge is 0.465 e. The van der Waals surface area contributed by atoms with Gasteiger partial charge in [0.2, 0.25) is 0 Å². The summed E-state index contributed by atoms with van der Waals surface area (Å²) in [6.45, 7) is 7.84. The molecule has 2 aromatic carbocycles. The second-order valence-electron chi connectivity index (χ2n) is 6.56. The normalized spacial score (nSPS) is 12.9. The fourth-order valence-corrected chi connectivity index (χ4v) is 3.66.